The highest BCUT2D eigenvalue weighted by atomic mass is 16.5. The van der Waals surface area contributed by atoms with Gasteiger partial charge in [-0.15, -0.1) is 0 Å². The molecule has 6 nitrogen and oxygen atoms in total. The van der Waals surface area contributed by atoms with Crippen molar-refractivity contribution in [2.45, 2.75) is 51.2 Å². The van der Waals surface area contributed by atoms with Crippen molar-refractivity contribution >= 4 is 12.0 Å². The number of hydrogen-bond acceptors (Lipinski definition) is 3. The lowest BCUT2D eigenvalue weighted by molar-refractivity contribution is 0.0697. The highest BCUT2D eigenvalue weighted by Gasteiger charge is 2.27. The first-order chi connectivity index (χ1) is 14.1. The van der Waals surface area contributed by atoms with Crippen molar-refractivity contribution in [3.8, 4) is 5.75 Å². The Morgan fingerprint density at radius 1 is 1.07 bits per heavy atom. The first kappa shape index (κ1) is 19.3. The molecule has 1 fully saturated rings. The van der Waals surface area contributed by atoms with Crippen LogP contribution >= 0.6 is 0 Å². The van der Waals surface area contributed by atoms with Crippen molar-refractivity contribution in [3.05, 3.63) is 64.7 Å². The first-order valence-corrected chi connectivity index (χ1v) is 10.2. The Bertz CT molecular complexity index is 888. The van der Waals surface area contributed by atoms with Crippen LogP contribution in [0.5, 0.6) is 5.75 Å². The van der Waals surface area contributed by atoms with E-state index in [2.05, 4.69) is 11.4 Å². The van der Waals surface area contributed by atoms with Crippen LogP contribution in [0.25, 0.3) is 0 Å². The molecule has 1 aliphatic heterocycles. The zero-order valence-corrected chi connectivity index (χ0v) is 16.4. The van der Waals surface area contributed by atoms with Gasteiger partial charge in [0.2, 0.25) is 0 Å². The van der Waals surface area contributed by atoms with Crippen molar-refractivity contribution in [1.82, 2.24) is 10.2 Å². The number of carboxylic acids is 1. The Kier molecular flexibility index (Phi) is 5.69. The number of urea groups is 1. The summed E-state index contributed by atoms with van der Waals surface area (Å²) in [6.07, 6.45) is 5.31. The van der Waals surface area contributed by atoms with Gasteiger partial charge >= 0.3 is 12.0 Å². The second kappa shape index (κ2) is 8.55. The summed E-state index contributed by atoms with van der Waals surface area (Å²) in [5.74, 6) is 0.00293. The minimum atomic E-state index is -0.951. The Hall–Kier alpha value is -3.02. The summed E-state index contributed by atoms with van der Waals surface area (Å²) >= 11 is 0. The molecule has 0 unspecified atom stereocenters. The van der Waals surface area contributed by atoms with Gasteiger partial charge in [0.05, 0.1) is 12.2 Å². The molecule has 1 saturated carbocycles. The molecule has 2 N–H and O–H groups in total. The number of carboxylic acid groups (broad SMARTS) is 1. The van der Waals surface area contributed by atoms with Crippen LogP contribution in [0, 0.1) is 0 Å². The predicted molar refractivity (Wildman–Crippen MR) is 109 cm³/mol. The molecule has 0 saturated heterocycles. The van der Waals surface area contributed by atoms with Gasteiger partial charge in [-0.05, 0) is 47.7 Å². The molecule has 2 aromatic rings. The molecule has 0 spiro atoms. The van der Waals surface area contributed by atoms with Crippen LogP contribution in [0.1, 0.15) is 52.7 Å². The lowest BCUT2D eigenvalue weighted by atomic mass is 10.1. The largest absolute Gasteiger partial charge is 0.493 e. The second-order valence-corrected chi connectivity index (χ2v) is 7.77. The SMILES string of the molecule is O=C(O)c1ccc(CNC(=O)N(Cc2ccc3c(c2)CCO3)C2CCCC2)cc1. The van der Waals surface area contributed by atoms with Crippen molar-refractivity contribution < 1.29 is 19.4 Å². The molecule has 1 aliphatic carbocycles. The van der Waals surface area contributed by atoms with Gasteiger partial charge in [0.15, 0.2) is 0 Å². The summed E-state index contributed by atoms with van der Waals surface area (Å²) in [6, 6.07) is 13.0. The number of nitrogens with zero attached hydrogens (tertiary/aromatic N) is 1. The number of carbonyl (C=O) groups is 2. The molecule has 2 aliphatic rings. The van der Waals surface area contributed by atoms with E-state index in [1.54, 1.807) is 24.3 Å². The quantitative estimate of drug-likeness (QED) is 0.777. The molecule has 2 aromatic carbocycles. The van der Waals surface area contributed by atoms with Gasteiger partial charge in [0.25, 0.3) is 0 Å². The average Bonchev–Trinajstić information content (AvgIpc) is 3.42. The number of ether oxygens (including phenoxy) is 1. The lowest BCUT2D eigenvalue weighted by Gasteiger charge is -2.29. The minimum absolute atomic E-state index is 0.0732. The standard InChI is InChI=1S/C23H26N2O4/c26-22(27)18-8-5-16(6-9-18)14-24-23(28)25(20-3-1-2-4-20)15-17-7-10-21-19(13-17)11-12-29-21/h5-10,13,20H,1-4,11-12,14-15H2,(H,24,28)(H,26,27). The van der Waals surface area contributed by atoms with Crippen molar-refractivity contribution in [2.75, 3.05) is 6.61 Å². The molecule has 6 heteroatoms. The van der Waals surface area contributed by atoms with Crippen LogP contribution in [-0.2, 0) is 19.5 Å². The third-order valence-corrected chi connectivity index (χ3v) is 5.78. The normalized spacial score (nSPS) is 15.6. The maximum Gasteiger partial charge on any atom is 0.335 e. The molecular formula is C23H26N2O4. The van der Waals surface area contributed by atoms with E-state index in [0.717, 1.165) is 55.6 Å². The summed E-state index contributed by atoms with van der Waals surface area (Å²) in [7, 11) is 0. The fourth-order valence-electron chi connectivity index (χ4n) is 4.16. The van der Waals surface area contributed by atoms with E-state index in [0.29, 0.717) is 13.1 Å². The van der Waals surface area contributed by atoms with Crippen LogP contribution in [0.3, 0.4) is 0 Å². The molecule has 1 heterocycles. The second-order valence-electron chi connectivity index (χ2n) is 7.77. The molecule has 0 atom stereocenters. The topological polar surface area (TPSA) is 78.9 Å². The van der Waals surface area contributed by atoms with Crippen LogP contribution in [-0.4, -0.2) is 34.7 Å². The zero-order chi connectivity index (χ0) is 20.2. The third-order valence-electron chi connectivity index (χ3n) is 5.78. The van der Waals surface area contributed by atoms with E-state index in [1.165, 1.54) is 5.56 Å². The van der Waals surface area contributed by atoms with E-state index in [4.69, 9.17) is 9.84 Å². The molecular weight excluding hydrogens is 368 g/mol. The fourth-order valence-corrected chi connectivity index (χ4v) is 4.16. The van der Waals surface area contributed by atoms with E-state index < -0.39 is 5.97 Å². The first-order valence-electron chi connectivity index (χ1n) is 10.2. The number of aromatic carboxylic acids is 1. The summed E-state index contributed by atoms with van der Waals surface area (Å²) in [6.45, 7) is 1.69. The molecule has 0 aromatic heterocycles. The number of nitrogens with one attached hydrogen (secondary N) is 1. The van der Waals surface area contributed by atoms with Crippen molar-refractivity contribution in [3.63, 3.8) is 0 Å². The molecule has 0 bridgehead atoms. The Morgan fingerprint density at radius 3 is 2.52 bits per heavy atom. The summed E-state index contributed by atoms with van der Waals surface area (Å²) in [5.41, 5.74) is 3.47. The van der Waals surface area contributed by atoms with Gasteiger partial charge in [-0.2, -0.15) is 0 Å². The summed E-state index contributed by atoms with van der Waals surface area (Å²) in [4.78, 5) is 25.9. The maximum absolute atomic E-state index is 13.0. The third kappa shape index (κ3) is 4.53. The molecule has 0 radical (unpaired) electrons. The lowest BCUT2D eigenvalue weighted by Crippen LogP contribution is -2.44. The number of amides is 2. The van der Waals surface area contributed by atoms with E-state index in [1.807, 2.05) is 17.0 Å². The highest BCUT2D eigenvalue weighted by molar-refractivity contribution is 5.87. The Labute approximate surface area is 170 Å². The molecule has 29 heavy (non-hydrogen) atoms. The highest BCUT2D eigenvalue weighted by Crippen LogP contribution is 2.29. The number of carbonyl (C=O) groups excluding carboxylic acids is 1. The number of fused-ring (bicyclic) bond motifs is 1. The minimum Gasteiger partial charge on any atom is -0.493 e. The van der Waals surface area contributed by atoms with Gasteiger partial charge in [0, 0.05) is 25.6 Å². The smallest absolute Gasteiger partial charge is 0.335 e. The van der Waals surface area contributed by atoms with E-state index in [-0.39, 0.29) is 17.6 Å². The predicted octanol–water partition coefficient (Wildman–Crippen LogP) is 3.97. The monoisotopic (exact) mass is 394 g/mol. The molecule has 4 rings (SSSR count). The van der Waals surface area contributed by atoms with Crippen molar-refractivity contribution in [1.29, 1.82) is 0 Å². The van der Waals surface area contributed by atoms with E-state index >= 15 is 0 Å². The van der Waals surface area contributed by atoms with Crippen molar-refractivity contribution in [2.24, 2.45) is 0 Å². The number of benzene rings is 2. The zero-order valence-electron chi connectivity index (χ0n) is 16.4. The van der Waals surface area contributed by atoms with E-state index in [9.17, 15) is 9.59 Å². The Morgan fingerprint density at radius 2 is 1.79 bits per heavy atom. The van der Waals surface area contributed by atoms with Gasteiger partial charge < -0.3 is 20.1 Å². The van der Waals surface area contributed by atoms with Gasteiger partial charge in [-0.1, -0.05) is 37.1 Å². The number of rotatable bonds is 6. The van der Waals surface area contributed by atoms with Crippen LogP contribution in [0.4, 0.5) is 4.79 Å². The average molecular weight is 394 g/mol. The number of hydrogen-bond donors (Lipinski definition) is 2. The van der Waals surface area contributed by atoms with Gasteiger partial charge in [0.1, 0.15) is 5.75 Å². The molecule has 2 amide bonds. The maximum atomic E-state index is 13.0. The van der Waals surface area contributed by atoms with Crippen LogP contribution in [0.2, 0.25) is 0 Å². The van der Waals surface area contributed by atoms with Gasteiger partial charge in [-0.3, -0.25) is 0 Å². The Balaban J connectivity index is 1.43. The van der Waals surface area contributed by atoms with Crippen LogP contribution in [0.15, 0.2) is 42.5 Å². The summed E-state index contributed by atoms with van der Waals surface area (Å²) in [5, 5.41) is 12.0. The fraction of sp³-hybridized carbons (Fsp3) is 0.391. The molecule has 152 valence electrons. The van der Waals surface area contributed by atoms with Crippen LogP contribution < -0.4 is 10.1 Å². The summed E-state index contributed by atoms with van der Waals surface area (Å²) < 4.78 is 5.59. The van der Waals surface area contributed by atoms with Gasteiger partial charge in [-0.25, -0.2) is 9.59 Å².